The molecule has 4 rings (SSSR count). The van der Waals surface area contributed by atoms with Crippen molar-refractivity contribution in [2.24, 2.45) is 0 Å². The van der Waals surface area contributed by atoms with Gasteiger partial charge in [-0.15, -0.1) is 21.1 Å². The van der Waals surface area contributed by atoms with E-state index in [4.69, 9.17) is 4.18 Å². The van der Waals surface area contributed by atoms with E-state index in [1.165, 1.54) is 36.4 Å². The van der Waals surface area contributed by atoms with Crippen molar-refractivity contribution < 1.29 is 48.1 Å². The van der Waals surface area contributed by atoms with Crippen LogP contribution >= 0.6 is 11.8 Å². The Bertz CT molecular complexity index is 1600. The van der Waals surface area contributed by atoms with E-state index in [2.05, 4.69) is 4.28 Å². The maximum atomic E-state index is 12.7. The predicted molar refractivity (Wildman–Crippen MR) is 126 cm³/mol. The summed E-state index contributed by atoms with van der Waals surface area (Å²) in [5.74, 6) is -2.61. The van der Waals surface area contributed by atoms with Crippen molar-refractivity contribution in [2.45, 2.75) is 22.2 Å². The molecule has 0 spiro atoms. The van der Waals surface area contributed by atoms with Gasteiger partial charge in [-0.3, -0.25) is 13.8 Å². The van der Waals surface area contributed by atoms with E-state index in [0.717, 1.165) is 17.3 Å². The second kappa shape index (κ2) is 9.72. The molecule has 0 N–H and O–H groups in total. The van der Waals surface area contributed by atoms with E-state index in [-0.39, 0.29) is 33.8 Å². The number of alkyl halides is 3. The number of imide groups is 1. The number of rotatable bonds is 8. The average Bonchev–Trinajstić information content (AvgIpc) is 2.82. The Hall–Kier alpha value is -2.98. The minimum absolute atomic E-state index is 0.000946. The summed E-state index contributed by atoms with van der Waals surface area (Å²) in [7, 11) is -10.3. The van der Waals surface area contributed by atoms with Gasteiger partial charge in [0, 0.05) is 16.0 Å². The number of nitrogens with zero attached hydrogens (tertiary/aromatic N) is 1. The molecule has 1 aliphatic rings. The first-order valence-corrected chi connectivity index (χ1v) is 14.1. The second-order valence-corrected chi connectivity index (χ2v) is 11.9. The van der Waals surface area contributed by atoms with Crippen LogP contribution in [0.3, 0.4) is 0 Å². The van der Waals surface area contributed by atoms with E-state index >= 15 is 0 Å². The van der Waals surface area contributed by atoms with Crippen molar-refractivity contribution >= 4 is 54.6 Å². The Labute approximate surface area is 213 Å². The third-order valence-corrected chi connectivity index (χ3v) is 8.45. The highest BCUT2D eigenvalue weighted by molar-refractivity contribution is 7.99. The minimum atomic E-state index is -6.28. The van der Waals surface area contributed by atoms with Crippen LogP contribution in [0.1, 0.15) is 26.3 Å². The third-order valence-electron chi connectivity index (χ3n) is 5.18. The maximum absolute atomic E-state index is 12.7. The van der Waals surface area contributed by atoms with E-state index in [0.29, 0.717) is 10.3 Å². The number of carbonyl (C=O) groups is 2. The average molecular weight is 576 g/mol. The molecule has 0 saturated carbocycles. The van der Waals surface area contributed by atoms with Gasteiger partial charge in [0.2, 0.25) is 0 Å². The van der Waals surface area contributed by atoms with Crippen molar-refractivity contribution in [3.8, 4) is 0 Å². The highest BCUT2D eigenvalue weighted by Gasteiger charge is 2.51. The Balaban J connectivity index is 1.55. The summed E-state index contributed by atoms with van der Waals surface area (Å²) in [5, 5.41) is 0.0395. The normalized spacial score (nSPS) is 14.4. The fraction of sp³-hybridized carbons (Fsp3) is 0.182. The Kier molecular flexibility index (Phi) is 7.11. The van der Waals surface area contributed by atoms with Gasteiger partial charge in [-0.2, -0.15) is 30.0 Å². The van der Waals surface area contributed by atoms with Crippen molar-refractivity contribution in [2.75, 3.05) is 12.4 Å². The van der Waals surface area contributed by atoms with E-state index in [1.54, 1.807) is 18.2 Å². The molecule has 1 heterocycles. The van der Waals surface area contributed by atoms with Crippen molar-refractivity contribution in [1.29, 1.82) is 0 Å². The number of thioether (sulfide) groups is 1. The fourth-order valence-corrected chi connectivity index (χ4v) is 5.76. The maximum Gasteiger partial charge on any atom is 0.525 e. The molecule has 196 valence electrons. The van der Waals surface area contributed by atoms with Gasteiger partial charge in [0.25, 0.3) is 21.9 Å². The second-order valence-electron chi connectivity index (χ2n) is 7.66. The molecule has 2 amide bonds. The molecule has 1 aliphatic heterocycles. The van der Waals surface area contributed by atoms with Crippen LogP contribution in [0.25, 0.3) is 10.8 Å². The lowest BCUT2D eigenvalue weighted by molar-refractivity contribution is -0.0761. The number of halogens is 3. The zero-order valence-corrected chi connectivity index (χ0v) is 21.1. The highest BCUT2D eigenvalue weighted by Crippen LogP contribution is 2.37. The van der Waals surface area contributed by atoms with Crippen LogP contribution < -0.4 is 0 Å². The number of carbonyl (C=O) groups excluding carboxylic acids is 2. The van der Waals surface area contributed by atoms with Gasteiger partial charge >= 0.3 is 15.6 Å². The molecule has 0 radical (unpaired) electrons. The summed E-state index contributed by atoms with van der Waals surface area (Å²) in [4.78, 5) is 25.9. The fourth-order valence-electron chi connectivity index (χ4n) is 3.45. The zero-order chi connectivity index (χ0) is 27.2. The lowest BCUT2D eigenvalue weighted by Crippen LogP contribution is -2.44. The van der Waals surface area contributed by atoms with Crippen molar-refractivity contribution in [1.82, 2.24) is 5.06 Å². The first kappa shape index (κ1) is 27.1. The quantitative estimate of drug-likeness (QED) is 0.129. The van der Waals surface area contributed by atoms with Gasteiger partial charge in [-0.25, -0.2) is 0 Å². The van der Waals surface area contributed by atoms with Gasteiger partial charge in [0.1, 0.15) is 0 Å². The number of aryl methyl sites for hydroxylation is 1. The predicted octanol–water partition coefficient (Wildman–Crippen LogP) is 4.02. The summed E-state index contributed by atoms with van der Waals surface area (Å²) < 4.78 is 94.6. The van der Waals surface area contributed by atoms with Crippen LogP contribution in [0, 0.1) is 6.92 Å². The SMILES string of the molecule is Cc1ccc(S(=O)(=O)OCCSc2ccc3c4c(cccc24)C(=O)N(OS(=O)(=O)C(F)(F)F)C3=O)cc1. The van der Waals surface area contributed by atoms with E-state index < -0.39 is 42.6 Å². The zero-order valence-electron chi connectivity index (χ0n) is 18.7. The molecule has 3 aromatic carbocycles. The summed E-state index contributed by atoms with van der Waals surface area (Å²) in [6.45, 7) is 1.61. The number of hydroxylamine groups is 2. The molecule has 9 nitrogen and oxygen atoms in total. The smallest absolute Gasteiger partial charge is 0.266 e. The molecule has 0 unspecified atom stereocenters. The van der Waals surface area contributed by atoms with Gasteiger partial charge in [-0.05, 0) is 42.6 Å². The largest absolute Gasteiger partial charge is 0.525 e. The molecule has 0 fully saturated rings. The van der Waals surface area contributed by atoms with Gasteiger partial charge in [0.15, 0.2) is 0 Å². The topological polar surface area (TPSA) is 124 Å². The Morgan fingerprint density at radius 1 is 0.892 bits per heavy atom. The minimum Gasteiger partial charge on any atom is -0.266 e. The van der Waals surface area contributed by atoms with Gasteiger partial charge in [-0.1, -0.05) is 29.8 Å². The van der Waals surface area contributed by atoms with Crippen LogP contribution in [0.2, 0.25) is 0 Å². The van der Waals surface area contributed by atoms with Gasteiger partial charge in [0.05, 0.1) is 22.6 Å². The number of hydrogen-bond acceptors (Lipinski definition) is 9. The number of amides is 2. The molecule has 0 aliphatic carbocycles. The first-order chi connectivity index (χ1) is 17.2. The van der Waals surface area contributed by atoms with Crippen LogP contribution in [-0.2, 0) is 28.7 Å². The molecule has 37 heavy (non-hydrogen) atoms. The molecule has 0 atom stereocenters. The lowest BCUT2D eigenvalue weighted by atomic mass is 9.95. The third kappa shape index (κ3) is 5.22. The standard InChI is InChI=1S/C22H16F3NO8S3/c1-13-5-7-14(8-6-13)36(29,30)33-11-12-35-18-10-9-17-19-15(18)3-2-4-16(19)20(27)26(21(17)28)34-37(31,32)22(23,24)25/h2-10H,11-12H2,1H3. The summed E-state index contributed by atoms with van der Waals surface area (Å²) in [5.41, 5.74) is -5.46. The van der Waals surface area contributed by atoms with Gasteiger partial charge < -0.3 is 0 Å². The number of hydrogen-bond donors (Lipinski definition) is 0. The lowest BCUT2D eigenvalue weighted by Gasteiger charge is -2.26. The molecule has 15 heteroatoms. The van der Waals surface area contributed by atoms with Crippen molar-refractivity contribution in [3.63, 3.8) is 0 Å². The Morgan fingerprint density at radius 2 is 1.51 bits per heavy atom. The first-order valence-electron chi connectivity index (χ1n) is 10.3. The van der Waals surface area contributed by atoms with Crippen LogP contribution in [0.15, 0.2) is 64.4 Å². The Morgan fingerprint density at radius 3 is 2.14 bits per heavy atom. The summed E-state index contributed by atoms with van der Waals surface area (Å²) in [6, 6.07) is 12.9. The van der Waals surface area contributed by atoms with Crippen molar-refractivity contribution in [3.05, 3.63) is 71.3 Å². The molecule has 0 saturated heterocycles. The monoisotopic (exact) mass is 575 g/mol. The summed E-state index contributed by atoms with van der Waals surface area (Å²) in [6.07, 6.45) is 0. The van der Waals surface area contributed by atoms with Crippen LogP contribution in [0.4, 0.5) is 13.2 Å². The molecule has 0 bridgehead atoms. The van der Waals surface area contributed by atoms with E-state index in [9.17, 15) is 39.6 Å². The van der Waals surface area contributed by atoms with E-state index in [1.807, 2.05) is 6.92 Å². The van der Waals surface area contributed by atoms with Crippen LogP contribution in [-0.4, -0.2) is 51.6 Å². The summed E-state index contributed by atoms with van der Waals surface area (Å²) >= 11 is 1.16. The molecular formula is C22H16F3NO8S3. The number of benzene rings is 3. The van der Waals surface area contributed by atoms with Crippen LogP contribution in [0.5, 0.6) is 0 Å². The highest BCUT2D eigenvalue weighted by atomic mass is 32.2. The molecular weight excluding hydrogens is 559 g/mol. The molecule has 0 aromatic heterocycles. The molecule has 3 aromatic rings.